The Morgan fingerprint density at radius 2 is 2.12 bits per heavy atom. The predicted octanol–water partition coefficient (Wildman–Crippen LogP) is 3.03. The molecule has 3 nitrogen and oxygen atoms in total. The van der Waals surface area contributed by atoms with E-state index in [1.807, 2.05) is 44.3 Å². The minimum atomic E-state index is -0.440. The lowest BCUT2D eigenvalue weighted by atomic mass is 10.1. The summed E-state index contributed by atoms with van der Waals surface area (Å²) in [5.74, 6) is 0.794. The quantitative estimate of drug-likeness (QED) is 0.888. The Hall–Kier alpha value is -1.13. The van der Waals surface area contributed by atoms with Gasteiger partial charge in [0.05, 0.1) is 17.4 Å². The fraction of sp³-hybridized carbons (Fsp3) is 0.250. The molecule has 0 saturated heterocycles. The third-order valence-electron chi connectivity index (χ3n) is 2.32. The molecule has 16 heavy (non-hydrogen) atoms. The van der Waals surface area contributed by atoms with Gasteiger partial charge in [-0.05, 0) is 26.0 Å². The molecule has 0 atom stereocenters. The van der Waals surface area contributed by atoms with Crippen LogP contribution in [0, 0.1) is 0 Å². The maximum absolute atomic E-state index is 5.98. The van der Waals surface area contributed by atoms with Crippen LogP contribution in [0.3, 0.4) is 0 Å². The van der Waals surface area contributed by atoms with Crippen LogP contribution in [-0.2, 0) is 5.54 Å². The van der Waals surface area contributed by atoms with Gasteiger partial charge in [-0.25, -0.2) is 4.98 Å². The first-order chi connectivity index (χ1) is 7.47. The number of aromatic nitrogens is 2. The number of nitrogens with two attached hydrogens (primary N) is 1. The summed E-state index contributed by atoms with van der Waals surface area (Å²) in [7, 11) is 0. The van der Waals surface area contributed by atoms with Crippen LogP contribution in [0.15, 0.2) is 34.9 Å². The minimum absolute atomic E-state index is 0.440. The third-order valence-corrected chi connectivity index (χ3v) is 2.82. The van der Waals surface area contributed by atoms with Crippen LogP contribution in [0.5, 0.6) is 0 Å². The average molecular weight is 280 g/mol. The molecule has 4 heteroatoms. The minimum Gasteiger partial charge on any atom is -0.340 e. The fourth-order valence-corrected chi connectivity index (χ4v) is 1.85. The zero-order chi connectivity index (χ0) is 11.8. The van der Waals surface area contributed by atoms with E-state index < -0.39 is 5.54 Å². The second-order valence-electron chi connectivity index (χ2n) is 4.38. The number of nitrogens with zero attached hydrogens (tertiary/aromatic N) is 1. The lowest BCUT2D eigenvalue weighted by Crippen LogP contribution is -2.30. The van der Waals surface area contributed by atoms with Gasteiger partial charge in [0.2, 0.25) is 0 Å². The Balaban J connectivity index is 2.39. The first kappa shape index (κ1) is 11.4. The number of rotatable bonds is 2. The number of H-pyrrole nitrogens is 1. The van der Waals surface area contributed by atoms with Gasteiger partial charge in [-0.2, -0.15) is 0 Å². The molecule has 1 heterocycles. The molecule has 0 amide bonds. The number of hydrogen-bond acceptors (Lipinski definition) is 2. The fourth-order valence-electron chi connectivity index (χ4n) is 1.45. The van der Waals surface area contributed by atoms with Crippen LogP contribution in [0.25, 0.3) is 11.3 Å². The molecule has 1 aromatic carbocycles. The highest BCUT2D eigenvalue weighted by molar-refractivity contribution is 9.10. The second kappa shape index (κ2) is 4.03. The van der Waals surface area contributed by atoms with Crippen molar-refractivity contribution in [2.24, 2.45) is 5.73 Å². The molecule has 1 aromatic heterocycles. The largest absolute Gasteiger partial charge is 0.340 e. The molecule has 0 radical (unpaired) electrons. The van der Waals surface area contributed by atoms with Crippen molar-refractivity contribution in [2.75, 3.05) is 0 Å². The van der Waals surface area contributed by atoms with Gasteiger partial charge in [-0.1, -0.05) is 28.1 Å². The number of halogens is 1. The van der Waals surface area contributed by atoms with Gasteiger partial charge < -0.3 is 10.7 Å². The zero-order valence-electron chi connectivity index (χ0n) is 9.29. The Kier molecular flexibility index (Phi) is 2.86. The predicted molar refractivity (Wildman–Crippen MR) is 68.9 cm³/mol. The van der Waals surface area contributed by atoms with Gasteiger partial charge in [0.25, 0.3) is 0 Å². The molecule has 0 spiro atoms. The van der Waals surface area contributed by atoms with Gasteiger partial charge in [-0.15, -0.1) is 0 Å². The molecule has 2 aromatic rings. The van der Waals surface area contributed by atoms with Crippen LogP contribution < -0.4 is 5.73 Å². The Morgan fingerprint density at radius 1 is 1.38 bits per heavy atom. The molecule has 0 saturated carbocycles. The molecule has 84 valence electrons. The molecule has 0 aliphatic rings. The number of nitrogens with one attached hydrogen (secondary N) is 1. The molecule has 0 aliphatic heterocycles. The first-order valence-corrected chi connectivity index (χ1v) is 5.86. The summed E-state index contributed by atoms with van der Waals surface area (Å²) in [5, 5.41) is 0. The highest BCUT2D eigenvalue weighted by Crippen LogP contribution is 2.23. The lowest BCUT2D eigenvalue weighted by Gasteiger charge is -2.14. The highest BCUT2D eigenvalue weighted by Gasteiger charge is 2.18. The van der Waals surface area contributed by atoms with E-state index in [-0.39, 0.29) is 0 Å². The number of hydrogen-bond donors (Lipinski definition) is 2. The van der Waals surface area contributed by atoms with Crippen molar-refractivity contribution >= 4 is 15.9 Å². The lowest BCUT2D eigenvalue weighted by molar-refractivity contribution is 0.520. The number of benzene rings is 1. The van der Waals surface area contributed by atoms with Crippen molar-refractivity contribution < 1.29 is 0 Å². The summed E-state index contributed by atoms with van der Waals surface area (Å²) in [4.78, 5) is 7.54. The topological polar surface area (TPSA) is 54.7 Å². The molecule has 0 aliphatic carbocycles. The summed E-state index contributed by atoms with van der Waals surface area (Å²) >= 11 is 3.45. The van der Waals surface area contributed by atoms with E-state index >= 15 is 0 Å². The van der Waals surface area contributed by atoms with Crippen LogP contribution in [0.1, 0.15) is 19.7 Å². The Bertz CT molecular complexity index is 497. The molecule has 0 bridgehead atoms. The molecule has 0 unspecified atom stereocenters. The summed E-state index contributed by atoms with van der Waals surface area (Å²) in [6.07, 6.45) is 1.81. The smallest absolute Gasteiger partial charge is 0.126 e. The van der Waals surface area contributed by atoms with E-state index in [0.717, 1.165) is 21.6 Å². The second-order valence-corrected chi connectivity index (χ2v) is 5.29. The van der Waals surface area contributed by atoms with Crippen molar-refractivity contribution in [3.63, 3.8) is 0 Å². The summed E-state index contributed by atoms with van der Waals surface area (Å²) in [5.41, 5.74) is 7.61. The normalized spacial score (nSPS) is 11.8. The van der Waals surface area contributed by atoms with Crippen LogP contribution >= 0.6 is 15.9 Å². The van der Waals surface area contributed by atoms with Gasteiger partial charge >= 0.3 is 0 Å². The van der Waals surface area contributed by atoms with Crippen molar-refractivity contribution in [3.05, 3.63) is 40.8 Å². The van der Waals surface area contributed by atoms with E-state index in [9.17, 15) is 0 Å². The van der Waals surface area contributed by atoms with Gasteiger partial charge in [0.15, 0.2) is 0 Å². The summed E-state index contributed by atoms with van der Waals surface area (Å²) in [6.45, 7) is 3.85. The number of aromatic amines is 1. The first-order valence-electron chi connectivity index (χ1n) is 5.07. The third kappa shape index (κ3) is 2.33. The molecular weight excluding hydrogens is 266 g/mol. The van der Waals surface area contributed by atoms with E-state index in [4.69, 9.17) is 5.73 Å². The molecule has 0 fully saturated rings. The maximum atomic E-state index is 5.98. The van der Waals surface area contributed by atoms with Crippen molar-refractivity contribution in [3.8, 4) is 11.3 Å². The van der Waals surface area contributed by atoms with Crippen LogP contribution in [0.2, 0.25) is 0 Å². The van der Waals surface area contributed by atoms with E-state index in [0.29, 0.717) is 0 Å². The molecule has 2 rings (SSSR count). The standard InChI is InChI=1S/C12H14BrN3/c1-12(2,14)11-15-7-10(16-11)8-4-3-5-9(13)6-8/h3-7H,14H2,1-2H3,(H,15,16). The van der Waals surface area contributed by atoms with E-state index in [1.165, 1.54) is 0 Å². The van der Waals surface area contributed by atoms with Crippen molar-refractivity contribution in [1.82, 2.24) is 9.97 Å². The zero-order valence-corrected chi connectivity index (χ0v) is 10.9. The van der Waals surface area contributed by atoms with Crippen LogP contribution in [-0.4, -0.2) is 9.97 Å². The monoisotopic (exact) mass is 279 g/mol. The van der Waals surface area contributed by atoms with Crippen molar-refractivity contribution in [2.45, 2.75) is 19.4 Å². The Labute approximate surface area is 103 Å². The molecular formula is C12H14BrN3. The Morgan fingerprint density at radius 3 is 2.69 bits per heavy atom. The van der Waals surface area contributed by atoms with Gasteiger partial charge in [0.1, 0.15) is 5.82 Å². The number of imidazole rings is 1. The maximum Gasteiger partial charge on any atom is 0.126 e. The summed E-state index contributed by atoms with van der Waals surface area (Å²) in [6, 6.07) is 8.06. The van der Waals surface area contributed by atoms with Crippen molar-refractivity contribution in [1.29, 1.82) is 0 Å². The average Bonchev–Trinajstić information content (AvgIpc) is 2.65. The van der Waals surface area contributed by atoms with E-state index in [1.54, 1.807) is 0 Å². The SMILES string of the molecule is CC(C)(N)c1ncc(-c2cccc(Br)c2)[nH]1. The summed E-state index contributed by atoms with van der Waals surface area (Å²) < 4.78 is 1.05. The van der Waals surface area contributed by atoms with E-state index in [2.05, 4.69) is 25.9 Å². The highest BCUT2D eigenvalue weighted by atomic mass is 79.9. The molecule has 3 N–H and O–H groups in total. The van der Waals surface area contributed by atoms with Gasteiger partial charge in [-0.3, -0.25) is 0 Å². The van der Waals surface area contributed by atoms with Crippen LogP contribution in [0.4, 0.5) is 0 Å². The van der Waals surface area contributed by atoms with Gasteiger partial charge in [0, 0.05) is 10.0 Å².